The summed E-state index contributed by atoms with van der Waals surface area (Å²) in [6, 6.07) is 77.3. The van der Waals surface area contributed by atoms with Crippen molar-refractivity contribution in [2.45, 2.75) is 26.2 Å². The lowest BCUT2D eigenvalue weighted by atomic mass is 9.82. The Hall–Kier alpha value is -7.16. The highest BCUT2D eigenvalue weighted by Gasteiger charge is 2.37. The lowest BCUT2D eigenvalue weighted by Gasteiger charge is -2.32. The molecule has 0 bridgehead atoms. The minimum atomic E-state index is -0.151. The van der Waals surface area contributed by atoms with E-state index in [-0.39, 0.29) is 5.41 Å². The SMILES string of the molecule is Cc1cccc2c1-c1ccc(N(c3cccc(N(c4ccccc4)c4ccc(-c5ccccc5)cc4)c3)c3ccc4ccccc4c3-c3ccccc3)cc1C2(C)C. The molecular weight excluding hydrogens is 701 g/mol. The Morgan fingerprint density at radius 3 is 1.66 bits per heavy atom. The van der Waals surface area contributed by atoms with Crippen LogP contribution in [0.25, 0.3) is 44.2 Å². The first kappa shape index (κ1) is 35.3. The van der Waals surface area contributed by atoms with E-state index < -0.39 is 0 Å². The van der Waals surface area contributed by atoms with Gasteiger partial charge in [-0.15, -0.1) is 0 Å². The third-order valence-electron chi connectivity index (χ3n) is 12.0. The van der Waals surface area contributed by atoms with Crippen LogP contribution in [-0.2, 0) is 5.41 Å². The summed E-state index contributed by atoms with van der Waals surface area (Å²) in [6.07, 6.45) is 0. The number of hydrogen-bond acceptors (Lipinski definition) is 2. The molecule has 0 saturated heterocycles. The van der Waals surface area contributed by atoms with E-state index in [1.165, 1.54) is 60.8 Å². The van der Waals surface area contributed by atoms with Gasteiger partial charge < -0.3 is 9.80 Å². The maximum atomic E-state index is 2.48. The second-order valence-electron chi connectivity index (χ2n) is 15.8. The molecule has 2 heteroatoms. The van der Waals surface area contributed by atoms with Crippen molar-refractivity contribution < 1.29 is 0 Å². The third-order valence-corrected chi connectivity index (χ3v) is 12.0. The molecule has 10 rings (SSSR count). The highest BCUT2D eigenvalue weighted by Crippen LogP contribution is 2.53. The first-order valence-electron chi connectivity index (χ1n) is 20.2. The summed E-state index contributed by atoms with van der Waals surface area (Å²) in [5, 5.41) is 2.44. The van der Waals surface area contributed by atoms with Crippen LogP contribution in [0.5, 0.6) is 0 Å². The number of fused-ring (bicyclic) bond motifs is 4. The zero-order valence-corrected chi connectivity index (χ0v) is 33.1. The highest BCUT2D eigenvalue weighted by molar-refractivity contribution is 6.05. The van der Waals surface area contributed by atoms with E-state index in [0.29, 0.717) is 0 Å². The average Bonchev–Trinajstić information content (AvgIpc) is 3.51. The van der Waals surface area contributed by atoms with Crippen molar-refractivity contribution in [3.8, 4) is 33.4 Å². The van der Waals surface area contributed by atoms with E-state index in [4.69, 9.17) is 0 Å². The monoisotopic (exact) mass is 744 g/mol. The van der Waals surface area contributed by atoms with E-state index in [2.05, 4.69) is 243 Å². The standard InChI is InChI=1S/C56H44N2/c1-39-17-15-28-51-54(39)50-35-34-48(38-52(50)56(51,2)3)58(53-36-31-42-20-13-14-27-49(42)55(53)43-21-9-5-10-22-43)47-26-16-25-46(37-47)57(44-23-11-6-12-24-44)45-32-29-41(30-33-45)40-18-7-4-8-19-40/h4-38H,1-3H3. The lowest BCUT2D eigenvalue weighted by molar-refractivity contribution is 0.660. The first-order valence-corrected chi connectivity index (χ1v) is 20.2. The second-order valence-corrected chi connectivity index (χ2v) is 15.8. The molecular formula is C56H44N2. The van der Waals surface area contributed by atoms with E-state index in [1.807, 2.05) is 0 Å². The van der Waals surface area contributed by atoms with Gasteiger partial charge >= 0.3 is 0 Å². The van der Waals surface area contributed by atoms with E-state index in [0.717, 1.165) is 34.1 Å². The Kier molecular flexibility index (Phi) is 8.76. The quantitative estimate of drug-likeness (QED) is 0.153. The largest absolute Gasteiger partial charge is 0.310 e. The molecule has 0 aliphatic heterocycles. The summed E-state index contributed by atoms with van der Waals surface area (Å²) < 4.78 is 0. The van der Waals surface area contributed by atoms with Crippen LogP contribution in [0, 0.1) is 6.92 Å². The van der Waals surface area contributed by atoms with E-state index >= 15 is 0 Å². The first-order chi connectivity index (χ1) is 28.5. The summed E-state index contributed by atoms with van der Waals surface area (Å²) >= 11 is 0. The molecule has 0 aromatic heterocycles. The lowest BCUT2D eigenvalue weighted by Crippen LogP contribution is -2.17. The molecule has 0 amide bonds. The topological polar surface area (TPSA) is 6.48 Å². The molecule has 9 aromatic carbocycles. The molecule has 9 aromatic rings. The minimum Gasteiger partial charge on any atom is -0.310 e. The van der Waals surface area contributed by atoms with Crippen molar-refractivity contribution in [2.24, 2.45) is 0 Å². The summed E-state index contributed by atoms with van der Waals surface area (Å²) in [6.45, 7) is 6.99. The molecule has 0 N–H and O–H groups in total. The maximum Gasteiger partial charge on any atom is 0.0546 e. The zero-order valence-electron chi connectivity index (χ0n) is 33.1. The number of aryl methyl sites for hydroxylation is 1. The van der Waals surface area contributed by atoms with Gasteiger partial charge in [-0.25, -0.2) is 0 Å². The van der Waals surface area contributed by atoms with Gasteiger partial charge in [0.25, 0.3) is 0 Å². The molecule has 0 saturated carbocycles. The minimum absolute atomic E-state index is 0.151. The van der Waals surface area contributed by atoms with Gasteiger partial charge in [-0.2, -0.15) is 0 Å². The van der Waals surface area contributed by atoms with Gasteiger partial charge in [-0.05, 0) is 123 Å². The summed E-state index contributed by atoms with van der Waals surface area (Å²) in [7, 11) is 0. The molecule has 1 aliphatic carbocycles. The Labute approximate surface area is 341 Å². The molecule has 0 radical (unpaired) electrons. The predicted molar refractivity (Wildman–Crippen MR) is 246 cm³/mol. The van der Waals surface area contributed by atoms with Gasteiger partial charge in [-0.1, -0.05) is 166 Å². The van der Waals surface area contributed by atoms with Crippen LogP contribution in [0.15, 0.2) is 212 Å². The smallest absolute Gasteiger partial charge is 0.0546 e. The molecule has 0 atom stereocenters. The van der Waals surface area contributed by atoms with Crippen LogP contribution >= 0.6 is 0 Å². The highest BCUT2D eigenvalue weighted by atomic mass is 15.2. The van der Waals surface area contributed by atoms with Crippen molar-refractivity contribution >= 4 is 44.9 Å². The molecule has 0 spiro atoms. The Balaban J connectivity index is 1.19. The molecule has 58 heavy (non-hydrogen) atoms. The van der Waals surface area contributed by atoms with Crippen LogP contribution in [0.2, 0.25) is 0 Å². The fourth-order valence-electron chi connectivity index (χ4n) is 9.11. The fraction of sp³-hybridized carbons (Fsp3) is 0.0714. The Morgan fingerprint density at radius 1 is 0.362 bits per heavy atom. The van der Waals surface area contributed by atoms with Gasteiger partial charge in [0, 0.05) is 39.4 Å². The molecule has 0 fully saturated rings. The molecule has 0 heterocycles. The van der Waals surface area contributed by atoms with Crippen LogP contribution in [0.1, 0.15) is 30.5 Å². The van der Waals surface area contributed by atoms with Gasteiger partial charge in [-0.3, -0.25) is 0 Å². The summed E-state index contributed by atoms with van der Waals surface area (Å²) in [5.41, 5.74) is 18.0. The van der Waals surface area contributed by atoms with E-state index in [1.54, 1.807) is 0 Å². The van der Waals surface area contributed by atoms with Gasteiger partial charge in [0.15, 0.2) is 0 Å². The Bertz CT molecular complexity index is 2910. The zero-order chi connectivity index (χ0) is 39.2. The van der Waals surface area contributed by atoms with Crippen LogP contribution in [-0.4, -0.2) is 0 Å². The van der Waals surface area contributed by atoms with Crippen molar-refractivity contribution in [3.63, 3.8) is 0 Å². The number of anilines is 6. The van der Waals surface area contributed by atoms with Crippen LogP contribution < -0.4 is 9.80 Å². The van der Waals surface area contributed by atoms with Gasteiger partial charge in [0.2, 0.25) is 0 Å². The van der Waals surface area contributed by atoms with Gasteiger partial charge in [0.05, 0.1) is 5.69 Å². The number of para-hydroxylation sites is 1. The number of benzene rings is 9. The average molecular weight is 745 g/mol. The normalized spacial score (nSPS) is 12.5. The molecule has 278 valence electrons. The van der Waals surface area contributed by atoms with Crippen molar-refractivity contribution in [1.29, 1.82) is 0 Å². The number of hydrogen-bond donors (Lipinski definition) is 0. The molecule has 1 aliphatic rings. The van der Waals surface area contributed by atoms with Crippen molar-refractivity contribution in [2.75, 3.05) is 9.80 Å². The summed E-state index contributed by atoms with van der Waals surface area (Å²) in [5.74, 6) is 0. The molecule has 0 unspecified atom stereocenters. The number of nitrogens with zero attached hydrogens (tertiary/aromatic N) is 2. The van der Waals surface area contributed by atoms with Crippen molar-refractivity contribution in [1.82, 2.24) is 0 Å². The van der Waals surface area contributed by atoms with Crippen molar-refractivity contribution in [3.05, 3.63) is 229 Å². The Morgan fingerprint density at radius 2 is 0.914 bits per heavy atom. The maximum absolute atomic E-state index is 2.48. The van der Waals surface area contributed by atoms with Gasteiger partial charge in [0.1, 0.15) is 0 Å². The second kappa shape index (κ2) is 14.4. The summed E-state index contributed by atoms with van der Waals surface area (Å²) in [4.78, 5) is 4.84. The fourth-order valence-corrected chi connectivity index (χ4v) is 9.11. The predicted octanol–water partition coefficient (Wildman–Crippen LogP) is 15.7. The third kappa shape index (κ3) is 6.06. The van der Waals surface area contributed by atoms with Crippen LogP contribution in [0.3, 0.4) is 0 Å². The molecule has 2 nitrogen and oxygen atoms in total. The van der Waals surface area contributed by atoms with Crippen LogP contribution in [0.4, 0.5) is 34.1 Å². The number of rotatable bonds is 8. The van der Waals surface area contributed by atoms with E-state index in [9.17, 15) is 0 Å².